The molecule has 0 saturated carbocycles. The van der Waals surface area contributed by atoms with Crippen LogP contribution < -0.4 is 10.1 Å². The number of nitrogens with one attached hydrogen (secondary N) is 1. The number of benzene rings is 2. The molecule has 0 spiro atoms. The first-order valence-corrected chi connectivity index (χ1v) is 11.2. The van der Waals surface area contributed by atoms with Crippen LogP contribution in [0.5, 0.6) is 5.75 Å². The maximum atomic E-state index is 12.9. The lowest BCUT2D eigenvalue weighted by Crippen LogP contribution is -2.37. The Morgan fingerprint density at radius 3 is 2.34 bits per heavy atom. The lowest BCUT2D eigenvalue weighted by Gasteiger charge is -2.22. The summed E-state index contributed by atoms with van der Waals surface area (Å²) in [7, 11) is 1.56. The van der Waals surface area contributed by atoms with Gasteiger partial charge in [-0.15, -0.1) is 0 Å². The maximum absolute atomic E-state index is 12.9. The minimum atomic E-state index is -0.0388. The first kappa shape index (κ1) is 22.5. The molecule has 32 heavy (non-hydrogen) atoms. The van der Waals surface area contributed by atoms with Crippen molar-refractivity contribution in [3.63, 3.8) is 0 Å². The Morgan fingerprint density at radius 1 is 1.06 bits per heavy atom. The number of ether oxygens (including phenoxy) is 1. The van der Waals surface area contributed by atoms with Crippen molar-refractivity contribution in [1.82, 2.24) is 9.80 Å². The molecule has 4 rings (SSSR count). The highest BCUT2D eigenvalue weighted by Crippen LogP contribution is 2.39. The van der Waals surface area contributed by atoms with Crippen LogP contribution in [-0.2, 0) is 9.59 Å². The summed E-state index contributed by atoms with van der Waals surface area (Å²) in [4.78, 5) is 28.4. The summed E-state index contributed by atoms with van der Waals surface area (Å²) in [6.07, 6.45) is 1.35. The highest BCUT2D eigenvalue weighted by molar-refractivity contribution is 6.36. The second-order valence-corrected chi connectivity index (χ2v) is 8.95. The molecule has 2 aromatic carbocycles. The number of halogens is 2. The Kier molecular flexibility index (Phi) is 6.63. The lowest BCUT2D eigenvalue weighted by molar-refractivity contribution is -0.128. The number of carbonyl (C=O) groups excluding carboxylic acids is 2. The maximum Gasteiger partial charge on any atom is 0.245 e. The molecule has 0 bridgehead atoms. The van der Waals surface area contributed by atoms with Crippen LogP contribution in [0.3, 0.4) is 0 Å². The summed E-state index contributed by atoms with van der Waals surface area (Å²) in [6, 6.07) is 11.0. The van der Waals surface area contributed by atoms with Crippen molar-refractivity contribution in [3.8, 4) is 16.9 Å². The lowest BCUT2D eigenvalue weighted by atomic mass is 10.0. The summed E-state index contributed by atoms with van der Waals surface area (Å²) in [5.74, 6) is 1.16. The van der Waals surface area contributed by atoms with E-state index in [1.165, 1.54) is 6.08 Å². The first-order valence-electron chi connectivity index (χ1n) is 10.5. The third-order valence-corrected chi connectivity index (χ3v) is 6.85. The number of fused-ring (bicyclic) bond motifs is 1. The summed E-state index contributed by atoms with van der Waals surface area (Å²) < 4.78 is 5.46. The first-order chi connectivity index (χ1) is 15.4. The quantitative estimate of drug-likeness (QED) is 0.639. The minimum Gasteiger partial charge on any atom is -0.495 e. The van der Waals surface area contributed by atoms with Crippen molar-refractivity contribution in [2.45, 2.75) is 0 Å². The van der Waals surface area contributed by atoms with Gasteiger partial charge in [0.2, 0.25) is 11.8 Å². The zero-order chi connectivity index (χ0) is 22.8. The fourth-order valence-electron chi connectivity index (χ4n) is 4.54. The van der Waals surface area contributed by atoms with E-state index in [2.05, 4.69) is 11.9 Å². The van der Waals surface area contributed by atoms with Gasteiger partial charge in [-0.3, -0.25) is 9.59 Å². The van der Waals surface area contributed by atoms with Crippen LogP contribution in [0.2, 0.25) is 10.0 Å². The van der Waals surface area contributed by atoms with E-state index < -0.39 is 0 Å². The topological polar surface area (TPSA) is 61.9 Å². The van der Waals surface area contributed by atoms with E-state index in [1.54, 1.807) is 13.2 Å². The predicted octanol–water partition coefficient (Wildman–Crippen LogP) is 4.18. The van der Waals surface area contributed by atoms with E-state index in [1.807, 2.05) is 40.1 Å². The van der Waals surface area contributed by atoms with Crippen LogP contribution in [0.15, 0.2) is 49.1 Å². The number of rotatable bonds is 6. The Bertz CT molecular complexity index is 1040. The van der Waals surface area contributed by atoms with Crippen LogP contribution >= 0.6 is 23.2 Å². The molecule has 2 amide bonds. The molecule has 2 aliphatic rings. The Balaban J connectivity index is 1.43. The molecule has 6 nitrogen and oxygen atoms in total. The van der Waals surface area contributed by atoms with Crippen LogP contribution in [-0.4, -0.2) is 61.4 Å². The summed E-state index contributed by atoms with van der Waals surface area (Å²) in [5, 5.41) is 4.31. The molecule has 168 valence electrons. The van der Waals surface area contributed by atoms with Crippen molar-refractivity contribution in [1.29, 1.82) is 0 Å². The zero-order valence-corrected chi connectivity index (χ0v) is 19.3. The minimum absolute atomic E-state index is 0.0114. The van der Waals surface area contributed by atoms with E-state index >= 15 is 0 Å². The molecule has 2 atom stereocenters. The van der Waals surface area contributed by atoms with E-state index in [-0.39, 0.29) is 18.4 Å². The van der Waals surface area contributed by atoms with E-state index in [0.717, 1.165) is 11.1 Å². The number of hydrogen-bond acceptors (Lipinski definition) is 4. The molecule has 2 heterocycles. The van der Waals surface area contributed by atoms with Crippen LogP contribution in [0.25, 0.3) is 11.1 Å². The summed E-state index contributed by atoms with van der Waals surface area (Å²) in [6.45, 7) is 6.37. The van der Waals surface area contributed by atoms with Gasteiger partial charge in [-0.1, -0.05) is 48.0 Å². The highest BCUT2D eigenvalue weighted by atomic mass is 35.5. The molecular weight excluding hydrogens is 449 g/mol. The third kappa shape index (κ3) is 4.43. The van der Waals surface area contributed by atoms with Gasteiger partial charge >= 0.3 is 0 Å². The normalized spacial score (nSPS) is 19.6. The predicted molar refractivity (Wildman–Crippen MR) is 127 cm³/mol. The van der Waals surface area contributed by atoms with Crippen LogP contribution in [0.1, 0.15) is 0 Å². The molecule has 2 saturated heterocycles. The molecule has 0 radical (unpaired) electrons. The van der Waals surface area contributed by atoms with Gasteiger partial charge in [-0.05, 0) is 18.2 Å². The second kappa shape index (κ2) is 9.43. The van der Waals surface area contributed by atoms with Crippen molar-refractivity contribution >= 4 is 40.7 Å². The number of nitrogens with zero attached hydrogens (tertiary/aromatic N) is 2. The number of carbonyl (C=O) groups is 2. The SMILES string of the molecule is C=CC(=O)N1CC2CN(C(=O)CNc3cc(-c4ccccc4Cl)c(Cl)cc3OC)CC2C1. The summed E-state index contributed by atoms with van der Waals surface area (Å²) in [5.41, 5.74) is 2.24. The van der Waals surface area contributed by atoms with E-state index in [4.69, 9.17) is 27.9 Å². The van der Waals surface area contributed by atoms with Gasteiger partial charge in [0.1, 0.15) is 5.75 Å². The third-order valence-electron chi connectivity index (χ3n) is 6.21. The molecule has 2 aliphatic heterocycles. The average Bonchev–Trinajstić information content (AvgIpc) is 3.37. The fourth-order valence-corrected chi connectivity index (χ4v) is 5.03. The van der Waals surface area contributed by atoms with Crippen molar-refractivity contribution < 1.29 is 14.3 Å². The Hall–Kier alpha value is -2.70. The largest absolute Gasteiger partial charge is 0.495 e. The fraction of sp³-hybridized carbons (Fsp3) is 0.333. The van der Waals surface area contributed by atoms with Gasteiger partial charge in [-0.25, -0.2) is 0 Å². The number of likely N-dealkylation sites (tertiary alicyclic amines) is 2. The molecule has 2 unspecified atom stereocenters. The number of anilines is 1. The standard InChI is InChI=1S/C24H25Cl2N3O3/c1-3-23(30)28-11-15-13-29(14-16(15)12-28)24(31)10-27-21-8-18(20(26)9-22(21)32-2)17-6-4-5-7-19(17)25/h3-9,15-16,27H,1,10-14H2,2H3. The zero-order valence-electron chi connectivity index (χ0n) is 17.8. The smallest absolute Gasteiger partial charge is 0.245 e. The second-order valence-electron chi connectivity index (χ2n) is 8.13. The molecule has 2 fully saturated rings. The number of hydrogen-bond donors (Lipinski definition) is 1. The Morgan fingerprint density at radius 2 is 1.72 bits per heavy atom. The van der Waals surface area contributed by atoms with Gasteiger partial charge in [0.15, 0.2) is 0 Å². The van der Waals surface area contributed by atoms with E-state index in [0.29, 0.717) is 59.5 Å². The van der Waals surface area contributed by atoms with Gasteiger partial charge in [0.05, 0.1) is 24.4 Å². The van der Waals surface area contributed by atoms with Gasteiger partial charge < -0.3 is 19.9 Å². The molecule has 2 aromatic rings. The molecule has 0 aromatic heterocycles. The Labute approximate surface area is 197 Å². The van der Waals surface area contributed by atoms with Crippen LogP contribution in [0.4, 0.5) is 5.69 Å². The molecule has 1 N–H and O–H groups in total. The number of amides is 2. The average molecular weight is 474 g/mol. The molecular formula is C24H25Cl2N3O3. The number of methoxy groups -OCH3 is 1. The van der Waals surface area contributed by atoms with Gasteiger partial charge in [0, 0.05) is 60.2 Å². The van der Waals surface area contributed by atoms with Crippen molar-refractivity contribution in [3.05, 3.63) is 59.1 Å². The van der Waals surface area contributed by atoms with Crippen LogP contribution in [0, 0.1) is 11.8 Å². The van der Waals surface area contributed by atoms with E-state index in [9.17, 15) is 9.59 Å². The highest BCUT2D eigenvalue weighted by Gasteiger charge is 2.42. The van der Waals surface area contributed by atoms with Gasteiger partial charge in [0.25, 0.3) is 0 Å². The summed E-state index contributed by atoms with van der Waals surface area (Å²) >= 11 is 12.8. The van der Waals surface area contributed by atoms with Crippen molar-refractivity contribution in [2.24, 2.45) is 11.8 Å². The van der Waals surface area contributed by atoms with Crippen molar-refractivity contribution in [2.75, 3.05) is 45.2 Å². The van der Waals surface area contributed by atoms with Gasteiger partial charge in [-0.2, -0.15) is 0 Å². The molecule has 0 aliphatic carbocycles. The molecule has 8 heteroatoms. The monoisotopic (exact) mass is 473 g/mol.